The third kappa shape index (κ3) is 3.48. The molecule has 2 aliphatic heterocycles. The normalized spacial score (nSPS) is 24.6. The molecule has 0 aliphatic carbocycles. The summed E-state index contributed by atoms with van der Waals surface area (Å²) in [4.78, 5) is 25.5. The lowest BCUT2D eigenvalue weighted by Gasteiger charge is -2.32. The van der Waals surface area contributed by atoms with Gasteiger partial charge in [-0.15, -0.1) is 0 Å². The molecule has 7 nitrogen and oxygen atoms in total. The largest absolute Gasteiger partial charge is 0.480 e. The van der Waals surface area contributed by atoms with Gasteiger partial charge in [0, 0.05) is 24.7 Å². The number of benzene rings is 1. The van der Waals surface area contributed by atoms with E-state index in [2.05, 4.69) is 0 Å². The highest BCUT2D eigenvalue weighted by Gasteiger charge is 2.35. The smallest absolute Gasteiger partial charge is 0.326 e. The maximum Gasteiger partial charge on any atom is 0.326 e. The van der Waals surface area contributed by atoms with Crippen molar-refractivity contribution in [2.75, 3.05) is 13.1 Å². The van der Waals surface area contributed by atoms with E-state index < -0.39 is 27.9 Å². The second-order valence-corrected chi connectivity index (χ2v) is 8.87. The van der Waals surface area contributed by atoms with Gasteiger partial charge in [-0.3, -0.25) is 4.79 Å². The van der Waals surface area contributed by atoms with Crippen LogP contribution in [0.5, 0.6) is 0 Å². The van der Waals surface area contributed by atoms with Crippen molar-refractivity contribution in [3.8, 4) is 0 Å². The predicted octanol–water partition coefficient (Wildman–Crippen LogP) is 1.94. The first-order valence-corrected chi connectivity index (χ1v) is 10.4. The summed E-state index contributed by atoms with van der Waals surface area (Å²) >= 11 is 0. The van der Waals surface area contributed by atoms with Crippen molar-refractivity contribution < 1.29 is 23.1 Å². The van der Waals surface area contributed by atoms with Gasteiger partial charge in [0.1, 0.15) is 6.04 Å². The molecule has 3 rings (SSSR count). The summed E-state index contributed by atoms with van der Waals surface area (Å²) in [7, 11) is -3.67. The van der Waals surface area contributed by atoms with Gasteiger partial charge in [-0.25, -0.2) is 13.2 Å². The minimum Gasteiger partial charge on any atom is -0.480 e. The van der Waals surface area contributed by atoms with Crippen molar-refractivity contribution >= 4 is 21.9 Å². The number of likely N-dealkylation sites (tertiary alicyclic amines) is 1. The molecule has 26 heavy (non-hydrogen) atoms. The summed E-state index contributed by atoms with van der Waals surface area (Å²) in [6, 6.07) is 5.04. The van der Waals surface area contributed by atoms with E-state index >= 15 is 0 Å². The number of nitrogens with zero attached hydrogens (tertiary/aromatic N) is 2. The van der Waals surface area contributed by atoms with Crippen LogP contribution < -0.4 is 0 Å². The summed E-state index contributed by atoms with van der Waals surface area (Å²) in [6.45, 7) is 2.75. The van der Waals surface area contributed by atoms with Gasteiger partial charge in [0.05, 0.1) is 4.90 Å². The number of aliphatic carboxylic acids is 1. The van der Waals surface area contributed by atoms with E-state index in [1.807, 2.05) is 6.92 Å². The van der Waals surface area contributed by atoms with Gasteiger partial charge in [-0.05, 0) is 50.8 Å². The van der Waals surface area contributed by atoms with Crippen LogP contribution in [0.1, 0.15) is 49.4 Å². The molecule has 2 saturated heterocycles. The summed E-state index contributed by atoms with van der Waals surface area (Å²) in [5, 5.41) is 9.27. The molecular formula is C18H24N2O5S. The van der Waals surface area contributed by atoms with Gasteiger partial charge < -0.3 is 10.0 Å². The highest BCUT2D eigenvalue weighted by Crippen LogP contribution is 2.27. The van der Waals surface area contributed by atoms with Crippen molar-refractivity contribution in [2.24, 2.45) is 0 Å². The number of carboxylic acid groups (broad SMARTS) is 1. The zero-order valence-corrected chi connectivity index (χ0v) is 15.6. The van der Waals surface area contributed by atoms with E-state index in [-0.39, 0.29) is 16.5 Å². The van der Waals surface area contributed by atoms with Crippen molar-refractivity contribution in [1.82, 2.24) is 9.21 Å². The van der Waals surface area contributed by atoms with Crippen LogP contribution in [0, 0.1) is 0 Å². The number of hydrogen-bond donors (Lipinski definition) is 1. The quantitative estimate of drug-likeness (QED) is 0.861. The lowest BCUT2D eigenvalue weighted by atomic mass is 10.1. The molecule has 2 atom stereocenters. The minimum absolute atomic E-state index is 0.0666. The molecule has 2 heterocycles. The molecule has 0 aromatic heterocycles. The van der Waals surface area contributed by atoms with Crippen LogP contribution in [0.2, 0.25) is 0 Å². The monoisotopic (exact) mass is 380 g/mol. The first-order chi connectivity index (χ1) is 12.3. The van der Waals surface area contributed by atoms with Crippen LogP contribution in [-0.2, 0) is 14.8 Å². The van der Waals surface area contributed by atoms with E-state index in [1.54, 1.807) is 6.07 Å². The SMILES string of the molecule is CC1CCCCN1S(=O)(=O)c1cccc(C(=O)N2CCC[C@H]2C(=O)O)c1. The molecule has 1 N–H and O–H groups in total. The summed E-state index contributed by atoms with van der Waals surface area (Å²) in [6.07, 6.45) is 3.72. The Hall–Kier alpha value is -1.93. The molecule has 8 heteroatoms. The van der Waals surface area contributed by atoms with Crippen LogP contribution >= 0.6 is 0 Å². The van der Waals surface area contributed by atoms with Crippen LogP contribution in [0.3, 0.4) is 0 Å². The van der Waals surface area contributed by atoms with Gasteiger partial charge in [-0.2, -0.15) is 4.31 Å². The van der Waals surface area contributed by atoms with E-state index in [4.69, 9.17) is 0 Å². The van der Waals surface area contributed by atoms with Crippen molar-refractivity contribution in [1.29, 1.82) is 0 Å². The average molecular weight is 380 g/mol. The Labute approximate surface area is 153 Å². The van der Waals surface area contributed by atoms with Crippen molar-refractivity contribution in [3.05, 3.63) is 29.8 Å². The molecule has 1 aromatic rings. The molecule has 1 aromatic carbocycles. The van der Waals surface area contributed by atoms with Crippen LogP contribution in [0.25, 0.3) is 0 Å². The first kappa shape index (κ1) is 18.8. The van der Waals surface area contributed by atoms with E-state index in [1.165, 1.54) is 27.4 Å². The second-order valence-electron chi connectivity index (χ2n) is 6.98. The van der Waals surface area contributed by atoms with Gasteiger partial charge in [0.25, 0.3) is 5.91 Å². The zero-order chi connectivity index (χ0) is 18.9. The number of carboxylic acids is 1. The van der Waals surface area contributed by atoms with Crippen molar-refractivity contribution in [2.45, 2.75) is 56.0 Å². The van der Waals surface area contributed by atoms with Crippen LogP contribution in [0.4, 0.5) is 0 Å². The highest BCUT2D eigenvalue weighted by molar-refractivity contribution is 7.89. The number of carbonyl (C=O) groups excluding carboxylic acids is 1. The summed E-state index contributed by atoms with van der Waals surface area (Å²) < 4.78 is 27.4. The molecule has 2 aliphatic rings. The molecule has 0 bridgehead atoms. The Morgan fingerprint density at radius 1 is 1.12 bits per heavy atom. The third-order valence-corrected chi connectivity index (χ3v) is 7.24. The Bertz CT molecular complexity index is 808. The third-order valence-electron chi connectivity index (χ3n) is 5.23. The standard InChI is InChI=1S/C18H24N2O5S/c1-13-6-2-3-11-20(13)26(24,25)15-8-4-7-14(12-15)17(21)19-10-5-9-16(19)18(22)23/h4,7-8,12-13,16H,2-3,5-6,9-11H2,1H3,(H,22,23)/t13?,16-/m0/s1. The van der Waals surface area contributed by atoms with Gasteiger partial charge in [0.15, 0.2) is 0 Å². The molecule has 1 unspecified atom stereocenters. The molecule has 1 amide bonds. The molecule has 0 spiro atoms. The first-order valence-electron chi connectivity index (χ1n) is 8.98. The molecule has 142 valence electrons. The number of amides is 1. The zero-order valence-electron chi connectivity index (χ0n) is 14.8. The van der Waals surface area contributed by atoms with Crippen LogP contribution in [-0.4, -0.2) is 59.8 Å². The molecule has 2 fully saturated rings. The number of carbonyl (C=O) groups is 2. The fourth-order valence-electron chi connectivity index (χ4n) is 3.79. The maximum absolute atomic E-state index is 13.0. The maximum atomic E-state index is 13.0. The lowest BCUT2D eigenvalue weighted by Crippen LogP contribution is -2.42. The Balaban J connectivity index is 1.88. The average Bonchev–Trinajstić information content (AvgIpc) is 3.11. The van der Waals surface area contributed by atoms with E-state index in [9.17, 15) is 23.1 Å². The number of sulfonamides is 1. The number of rotatable bonds is 4. The van der Waals surface area contributed by atoms with Crippen LogP contribution in [0.15, 0.2) is 29.2 Å². The van der Waals surface area contributed by atoms with Crippen molar-refractivity contribution in [3.63, 3.8) is 0 Å². The Morgan fingerprint density at radius 2 is 1.88 bits per heavy atom. The number of piperidine rings is 1. The fourth-order valence-corrected chi connectivity index (χ4v) is 5.53. The second kappa shape index (κ2) is 7.36. The molecule has 0 saturated carbocycles. The Kier molecular flexibility index (Phi) is 5.34. The highest BCUT2D eigenvalue weighted by atomic mass is 32.2. The number of hydrogen-bond acceptors (Lipinski definition) is 4. The molecular weight excluding hydrogens is 356 g/mol. The van der Waals surface area contributed by atoms with E-state index in [0.717, 1.165) is 19.3 Å². The summed E-state index contributed by atoms with van der Waals surface area (Å²) in [5.41, 5.74) is 0.212. The predicted molar refractivity (Wildman–Crippen MR) is 95.3 cm³/mol. The van der Waals surface area contributed by atoms with E-state index in [0.29, 0.717) is 25.9 Å². The topological polar surface area (TPSA) is 95.0 Å². The molecule has 0 radical (unpaired) electrons. The minimum atomic E-state index is -3.67. The summed E-state index contributed by atoms with van der Waals surface area (Å²) in [5.74, 6) is -1.46. The lowest BCUT2D eigenvalue weighted by molar-refractivity contribution is -0.141. The van der Waals surface area contributed by atoms with Gasteiger partial charge >= 0.3 is 5.97 Å². The fraction of sp³-hybridized carbons (Fsp3) is 0.556. The Morgan fingerprint density at radius 3 is 2.58 bits per heavy atom. The van der Waals surface area contributed by atoms with Gasteiger partial charge in [-0.1, -0.05) is 12.5 Å². The van der Waals surface area contributed by atoms with Gasteiger partial charge in [0.2, 0.25) is 10.0 Å².